The van der Waals surface area contributed by atoms with E-state index in [2.05, 4.69) is 5.32 Å². The van der Waals surface area contributed by atoms with Gasteiger partial charge in [0.1, 0.15) is 11.6 Å². The molecule has 1 amide bonds. The van der Waals surface area contributed by atoms with Gasteiger partial charge in [-0.25, -0.2) is 12.8 Å². The number of piperidine rings is 1. The van der Waals surface area contributed by atoms with Crippen LogP contribution in [0, 0.1) is 11.7 Å². The highest BCUT2D eigenvalue weighted by molar-refractivity contribution is 7.89. The number of carbonyl (C=O) groups is 2. The van der Waals surface area contributed by atoms with Gasteiger partial charge in [-0.15, -0.1) is 0 Å². The van der Waals surface area contributed by atoms with Gasteiger partial charge in [-0.05, 0) is 55.3 Å². The van der Waals surface area contributed by atoms with Crippen molar-refractivity contribution in [3.05, 3.63) is 54.3 Å². The van der Waals surface area contributed by atoms with Gasteiger partial charge >= 0.3 is 5.97 Å². The predicted molar refractivity (Wildman–Crippen MR) is 110 cm³/mol. The summed E-state index contributed by atoms with van der Waals surface area (Å²) < 4.78 is 50.1. The zero-order chi connectivity index (χ0) is 22.4. The lowest BCUT2D eigenvalue weighted by Gasteiger charge is -2.30. The largest absolute Gasteiger partial charge is 0.497 e. The highest BCUT2D eigenvalue weighted by atomic mass is 32.2. The van der Waals surface area contributed by atoms with E-state index in [0.29, 0.717) is 18.6 Å². The Morgan fingerprint density at radius 3 is 2.42 bits per heavy atom. The number of hydrogen-bond acceptors (Lipinski definition) is 6. The van der Waals surface area contributed by atoms with Crippen molar-refractivity contribution in [2.75, 3.05) is 32.1 Å². The number of benzene rings is 2. The predicted octanol–water partition coefficient (Wildman–Crippen LogP) is 2.42. The van der Waals surface area contributed by atoms with Gasteiger partial charge in [-0.2, -0.15) is 4.31 Å². The molecular weight excluding hydrogens is 427 g/mol. The van der Waals surface area contributed by atoms with Gasteiger partial charge in [0.15, 0.2) is 6.61 Å². The Balaban J connectivity index is 1.48. The van der Waals surface area contributed by atoms with E-state index in [0.717, 1.165) is 6.07 Å². The number of esters is 1. The maximum Gasteiger partial charge on any atom is 0.309 e. The highest BCUT2D eigenvalue weighted by Gasteiger charge is 2.33. The van der Waals surface area contributed by atoms with E-state index in [1.54, 1.807) is 12.1 Å². The van der Waals surface area contributed by atoms with Crippen molar-refractivity contribution in [2.45, 2.75) is 17.7 Å². The number of nitrogens with zero attached hydrogens (tertiary/aromatic N) is 1. The Kier molecular flexibility index (Phi) is 7.24. The van der Waals surface area contributed by atoms with Crippen molar-refractivity contribution in [1.29, 1.82) is 0 Å². The summed E-state index contributed by atoms with van der Waals surface area (Å²) in [6.45, 7) is -0.160. The van der Waals surface area contributed by atoms with Crippen LogP contribution in [0.2, 0.25) is 0 Å². The van der Waals surface area contributed by atoms with E-state index in [1.165, 1.54) is 41.7 Å². The van der Waals surface area contributed by atoms with Gasteiger partial charge < -0.3 is 14.8 Å². The Labute approximate surface area is 180 Å². The average molecular weight is 450 g/mol. The molecule has 1 aliphatic heterocycles. The Hall–Kier alpha value is -2.98. The number of sulfonamides is 1. The third-order valence-electron chi connectivity index (χ3n) is 4.94. The summed E-state index contributed by atoms with van der Waals surface area (Å²) >= 11 is 0. The van der Waals surface area contributed by atoms with E-state index < -0.39 is 40.2 Å². The molecule has 8 nitrogen and oxygen atoms in total. The van der Waals surface area contributed by atoms with Crippen LogP contribution in [-0.4, -0.2) is 51.4 Å². The van der Waals surface area contributed by atoms with Crippen LogP contribution < -0.4 is 10.1 Å². The molecule has 0 unspecified atom stereocenters. The summed E-state index contributed by atoms with van der Waals surface area (Å²) in [7, 11) is -2.17. The molecule has 0 spiro atoms. The number of carbonyl (C=O) groups excluding carboxylic acids is 2. The highest BCUT2D eigenvalue weighted by Crippen LogP contribution is 2.25. The molecule has 0 bridgehead atoms. The molecule has 166 valence electrons. The zero-order valence-corrected chi connectivity index (χ0v) is 17.7. The molecule has 1 aliphatic rings. The minimum absolute atomic E-state index is 0.156. The number of nitrogens with one attached hydrogen (secondary N) is 1. The van der Waals surface area contributed by atoms with Crippen LogP contribution in [0.4, 0.5) is 10.1 Å². The summed E-state index contributed by atoms with van der Waals surface area (Å²) in [4.78, 5) is 24.3. The second-order valence-electron chi connectivity index (χ2n) is 7.02. The molecule has 0 radical (unpaired) electrons. The van der Waals surface area contributed by atoms with Gasteiger partial charge in [0, 0.05) is 18.8 Å². The standard InChI is InChI=1S/C21H23FN2O6S/c1-29-18-5-7-19(8-6-18)31(27,28)24-11-9-15(10-12-24)21(26)30-14-20(25)23-17-4-2-3-16(22)13-17/h2-8,13,15H,9-12,14H2,1H3,(H,23,25). The molecule has 1 N–H and O–H groups in total. The molecule has 1 heterocycles. The quantitative estimate of drug-likeness (QED) is 0.650. The Morgan fingerprint density at radius 2 is 1.81 bits per heavy atom. The molecule has 10 heteroatoms. The van der Waals surface area contributed by atoms with Gasteiger partial charge in [0.05, 0.1) is 17.9 Å². The van der Waals surface area contributed by atoms with E-state index in [-0.39, 0.29) is 23.7 Å². The monoisotopic (exact) mass is 450 g/mol. The molecular formula is C21H23FN2O6S. The summed E-state index contributed by atoms with van der Waals surface area (Å²) in [5.74, 6) is -1.58. The van der Waals surface area contributed by atoms with Crippen molar-refractivity contribution in [1.82, 2.24) is 4.31 Å². The third kappa shape index (κ3) is 5.80. The number of hydrogen-bond donors (Lipinski definition) is 1. The van der Waals surface area contributed by atoms with Crippen LogP contribution in [0.1, 0.15) is 12.8 Å². The molecule has 0 atom stereocenters. The molecule has 0 aliphatic carbocycles. The second kappa shape index (κ2) is 9.88. The first-order valence-corrected chi connectivity index (χ1v) is 11.1. The first-order chi connectivity index (χ1) is 14.8. The molecule has 1 fully saturated rings. The Bertz CT molecular complexity index is 1030. The van der Waals surface area contributed by atoms with Gasteiger partial charge in [-0.3, -0.25) is 9.59 Å². The molecule has 0 aromatic heterocycles. The number of halogens is 1. The fourth-order valence-corrected chi connectivity index (χ4v) is 4.72. The van der Waals surface area contributed by atoms with E-state index in [9.17, 15) is 22.4 Å². The van der Waals surface area contributed by atoms with Crippen LogP contribution in [-0.2, 0) is 24.3 Å². The van der Waals surface area contributed by atoms with Crippen molar-refractivity contribution in [2.24, 2.45) is 5.92 Å². The van der Waals surface area contributed by atoms with Crippen LogP contribution in [0.15, 0.2) is 53.4 Å². The lowest BCUT2D eigenvalue weighted by Crippen LogP contribution is -2.40. The SMILES string of the molecule is COc1ccc(S(=O)(=O)N2CCC(C(=O)OCC(=O)Nc3cccc(F)c3)CC2)cc1. The van der Waals surface area contributed by atoms with Crippen molar-refractivity contribution in [3.8, 4) is 5.75 Å². The first-order valence-electron chi connectivity index (χ1n) is 9.66. The van der Waals surface area contributed by atoms with Crippen LogP contribution >= 0.6 is 0 Å². The topological polar surface area (TPSA) is 102 Å². The molecule has 0 saturated carbocycles. The van der Waals surface area contributed by atoms with E-state index >= 15 is 0 Å². The van der Waals surface area contributed by atoms with Crippen molar-refractivity contribution >= 4 is 27.6 Å². The summed E-state index contributed by atoms with van der Waals surface area (Å²) in [5.41, 5.74) is 0.262. The van der Waals surface area contributed by atoms with Crippen LogP contribution in [0.25, 0.3) is 0 Å². The maximum absolute atomic E-state index is 13.1. The Morgan fingerprint density at radius 1 is 1.13 bits per heavy atom. The van der Waals surface area contributed by atoms with E-state index in [4.69, 9.17) is 9.47 Å². The summed E-state index contributed by atoms with van der Waals surface area (Å²) in [6, 6.07) is 11.5. The fourth-order valence-electron chi connectivity index (χ4n) is 3.25. The van der Waals surface area contributed by atoms with E-state index in [1.807, 2.05) is 0 Å². The molecule has 31 heavy (non-hydrogen) atoms. The van der Waals surface area contributed by atoms with Crippen molar-refractivity contribution < 1.29 is 31.9 Å². The second-order valence-corrected chi connectivity index (χ2v) is 8.96. The fraction of sp³-hybridized carbons (Fsp3) is 0.333. The number of ether oxygens (including phenoxy) is 2. The van der Waals surface area contributed by atoms with Gasteiger partial charge in [0.2, 0.25) is 10.0 Å². The number of methoxy groups -OCH3 is 1. The van der Waals surface area contributed by atoms with Crippen LogP contribution in [0.5, 0.6) is 5.75 Å². The zero-order valence-electron chi connectivity index (χ0n) is 16.9. The number of amides is 1. The molecule has 1 saturated heterocycles. The smallest absolute Gasteiger partial charge is 0.309 e. The van der Waals surface area contributed by atoms with Crippen molar-refractivity contribution in [3.63, 3.8) is 0 Å². The number of rotatable bonds is 7. The summed E-state index contributed by atoms with van der Waals surface area (Å²) in [6.07, 6.45) is 0.583. The maximum atomic E-state index is 13.1. The minimum Gasteiger partial charge on any atom is -0.497 e. The third-order valence-corrected chi connectivity index (χ3v) is 6.85. The minimum atomic E-state index is -3.67. The molecule has 2 aromatic carbocycles. The lowest BCUT2D eigenvalue weighted by atomic mass is 9.98. The normalized spacial score (nSPS) is 15.3. The summed E-state index contributed by atoms with van der Waals surface area (Å²) in [5, 5.41) is 2.44. The van der Waals surface area contributed by atoms with Gasteiger partial charge in [0.25, 0.3) is 5.91 Å². The number of anilines is 1. The lowest BCUT2D eigenvalue weighted by molar-refractivity contribution is -0.152. The first kappa shape index (κ1) is 22.7. The molecule has 3 rings (SSSR count). The van der Waals surface area contributed by atoms with Gasteiger partial charge in [-0.1, -0.05) is 6.07 Å². The average Bonchev–Trinajstić information content (AvgIpc) is 2.77. The van der Waals surface area contributed by atoms with Crippen LogP contribution in [0.3, 0.4) is 0 Å². The molecule has 2 aromatic rings.